The van der Waals surface area contributed by atoms with Gasteiger partial charge in [0.2, 0.25) is 5.91 Å². The lowest BCUT2D eigenvalue weighted by Gasteiger charge is -2.16. The molecule has 0 radical (unpaired) electrons. The highest BCUT2D eigenvalue weighted by atomic mass is 32.2. The average Bonchev–Trinajstić information content (AvgIpc) is 3.05. The lowest BCUT2D eigenvalue weighted by atomic mass is 10.2. The minimum Gasteiger partial charge on any atom is -0.451 e. The Morgan fingerprint density at radius 3 is 2.60 bits per heavy atom. The summed E-state index contributed by atoms with van der Waals surface area (Å²) >= 11 is 1.55. The van der Waals surface area contributed by atoms with Gasteiger partial charge >= 0.3 is 0 Å². The van der Waals surface area contributed by atoms with Crippen LogP contribution >= 0.6 is 11.8 Å². The highest BCUT2D eigenvalue weighted by Gasteiger charge is 2.19. The molecule has 3 rings (SSSR count). The molecule has 0 aliphatic rings. The zero-order chi connectivity index (χ0) is 17.8. The first-order valence-electron chi connectivity index (χ1n) is 7.75. The third-order valence-electron chi connectivity index (χ3n) is 3.74. The lowest BCUT2D eigenvalue weighted by Crippen LogP contribution is -2.34. The van der Waals surface area contributed by atoms with Gasteiger partial charge in [0.05, 0.1) is 12.2 Å². The first kappa shape index (κ1) is 17.1. The van der Waals surface area contributed by atoms with Crippen LogP contribution in [0.5, 0.6) is 0 Å². The number of thioether (sulfide) groups is 1. The third-order valence-corrected chi connectivity index (χ3v) is 4.54. The maximum Gasteiger partial charge on any atom is 0.289 e. The van der Waals surface area contributed by atoms with E-state index in [0.717, 1.165) is 16.0 Å². The number of nitrogens with zero attached hydrogens (tertiary/aromatic N) is 1. The summed E-state index contributed by atoms with van der Waals surface area (Å²) in [6, 6.07) is 16.6. The minimum atomic E-state index is -0.329. The fourth-order valence-electron chi connectivity index (χ4n) is 2.50. The minimum absolute atomic E-state index is 0.0570. The summed E-state index contributed by atoms with van der Waals surface area (Å²) in [4.78, 5) is 27.0. The van der Waals surface area contributed by atoms with Crippen LogP contribution in [0.4, 0.5) is 5.69 Å². The largest absolute Gasteiger partial charge is 0.451 e. The number of rotatable bonds is 5. The van der Waals surface area contributed by atoms with Gasteiger partial charge in [-0.05, 0) is 30.5 Å². The molecular formula is C19H18N2O3S. The molecule has 0 spiro atoms. The molecule has 6 heteroatoms. The topological polar surface area (TPSA) is 62.6 Å². The predicted molar refractivity (Wildman–Crippen MR) is 100 cm³/mol. The maximum atomic E-state index is 12.5. The Balaban J connectivity index is 1.67. The van der Waals surface area contributed by atoms with Crippen LogP contribution in [0.3, 0.4) is 0 Å². The quantitative estimate of drug-likeness (QED) is 0.707. The van der Waals surface area contributed by atoms with Crippen molar-refractivity contribution in [2.45, 2.75) is 4.90 Å². The second kappa shape index (κ2) is 7.44. The van der Waals surface area contributed by atoms with E-state index in [0.29, 0.717) is 5.58 Å². The monoisotopic (exact) mass is 354 g/mol. The van der Waals surface area contributed by atoms with Crippen molar-refractivity contribution in [3.05, 3.63) is 60.4 Å². The van der Waals surface area contributed by atoms with E-state index in [1.54, 1.807) is 30.9 Å². The van der Waals surface area contributed by atoms with Crippen LogP contribution in [0.1, 0.15) is 10.6 Å². The van der Waals surface area contributed by atoms with Crippen LogP contribution < -0.4 is 5.32 Å². The Labute approximate surface area is 150 Å². The molecule has 0 saturated carbocycles. The molecule has 1 N–H and O–H groups in total. The van der Waals surface area contributed by atoms with E-state index in [9.17, 15) is 9.59 Å². The second-order valence-corrected chi connectivity index (χ2v) is 6.41. The highest BCUT2D eigenvalue weighted by Crippen LogP contribution is 2.24. The van der Waals surface area contributed by atoms with E-state index in [4.69, 9.17) is 4.42 Å². The number of fused-ring (bicyclic) bond motifs is 1. The van der Waals surface area contributed by atoms with Crippen molar-refractivity contribution in [3.8, 4) is 0 Å². The van der Waals surface area contributed by atoms with Gasteiger partial charge in [-0.15, -0.1) is 11.8 Å². The Bertz CT molecular complexity index is 887. The van der Waals surface area contributed by atoms with Gasteiger partial charge in [0, 0.05) is 17.3 Å². The van der Waals surface area contributed by atoms with Gasteiger partial charge in [-0.2, -0.15) is 0 Å². The summed E-state index contributed by atoms with van der Waals surface area (Å²) in [5.74, 6) is -0.362. The number of nitrogens with one attached hydrogen (secondary N) is 1. The standard InChI is InChI=1S/C19H18N2O3S/c1-21(12-18(22)20-14-8-4-6-10-17(14)25-2)19(23)16-11-13-7-3-5-9-15(13)24-16/h3-11H,12H2,1-2H3,(H,20,22). The number of carbonyl (C=O) groups is 2. The average molecular weight is 354 g/mol. The summed E-state index contributed by atoms with van der Waals surface area (Å²) in [6.45, 7) is -0.0570. The Morgan fingerprint density at radius 2 is 1.84 bits per heavy atom. The van der Waals surface area contributed by atoms with Gasteiger partial charge in [0.1, 0.15) is 5.58 Å². The molecular weight excluding hydrogens is 336 g/mol. The van der Waals surface area contributed by atoms with E-state index < -0.39 is 0 Å². The molecule has 0 aliphatic heterocycles. The van der Waals surface area contributed by atoms with Gasteiger partial charge < -0.3 is 14.6 Å². The summed E-state index contributed by atoms with van der Waals surface area (Å²) < 4.78 is 5.56. The molecule has 128 valence electrons. The normalized spacial score (nSPS) is 10.6. The number of carbonyl (C=O) groups excluding carboxylic acids is 2. The number of hydrogen-bond acceptors (Lipinski definition) is 4. The fourth-order valence-corrected chi connectivity index (χ4v) is 3.05. The summed E-state index contributed by atoms with van der Waals surface area (Å²) in [6.07, 6.45) is 1.95. The first-order valence-corrected chi connectivity index (χ1v) is 8.98. The molecule has 0 atom stereocenters. The van der Waals surface area contributed by atoms with E-state index in [-0.39, 0.29) is 24.1 Å². The maximum absolute atomic E-state index is 12.5. The number of hydrogen-bond donors (Lipinski definition) is 1. The second-order valence-electron chi connectivity index (χ2n) is 5.56. The van der Waals surface area contributed by atoms with Crippen molar-refractivity contribution in [3.63, 3.8) is 0 Å². The zero-order valence-corrected chi connectivity index (χ0v) is 14.8. The van der Waals surface area contributed by atoms with Crippen LogP contribution in [0, 0.1) is 0 Å². The number of likely N-dealkylation sites (N-methyl/N-ethyl adjacent to an activating group) is 1. The highest BCUT2D eigenvalue weighted by molar-refractivity contribution is 7.98. The van der Waals surface area contributed by atoms with E-state index in [1.807, 2.05) is 48.7 Å². The molecule has 1 heterocycles. The lowest BCUT2D eigenvalue weighted by molar-refractivity contribution is -0.116. The van der Waals surface area contributed by atoms with Gasteiger partial charge in [0.25, 0.3) is 5.91 Å². The molecule has 0 aliphatic carbocycles. The Kier molecular flexibility index (Phi) is 5.09. The fraction of sp³-hybridized carbons (Fsp3) is 0.158. The van der Waals surface area contributed by atoms with Crippen LogP contribution in [0.2, 0.25) is 0 Å². The first-order chi connectivity index (χ1) is 12.1. The molecule has 0 unspecified atom stereocenters. The summed E-state index contributed by atoms with van der Waals surface area (Å²) in [7, 11) is 1.58. The smallest absolute Gasteiger partial charge is 0.289 e. The van der Waals surface area contributed by atoms with Crippen molar-refractivity contribution in [1.29, 1.82) is 0 Å². The van der Waals surface area contributed by atoms with Gasteiger partial charge in [-0.1, -0.05) is 30.3 Å². The van der Waals surface area contributed by atoms with Crippen molar-refractivity contribution in [1.82, 2.24) is 4.90 Å². The molecule has 0 fully saturated rings. The molecule has 1 aromatic heterocycles. The number of para-hydroxylation sites is 2. The van der Waals surface area contributed by atoms with Crippen LogP contribution in [-0.4, -0.2) is 36.6 Å². The molecule has 25 heavy (non-hydrogen) atoms. The van der Waals surface area contributed by atoms with Gasteiger partial charge in [0.15, 0.2) is 5.76 Å². The number of benzene rings is 2. The third kappa shape index (κ3) is 3.85. The van der Waals surface area contributed by atoms with Crippen molar-refractivity contribution in [2.75, 3.05) is 25.2 Å². The molecule has 0 bridgehead atoms. The number of furan rings is 1. The number of amides is 2. The van der Waals surface area contributed by atoms with Crippen molar-refractivity contribution < 1.29 is 14.0 Å². The SMILES string of the molecule is CSc1ccccc1NC(=O)CN(C)C(=O)c1cc2ccccc2o1. The van der Waals surface area contributed by atoms with Gasteiger partial charge in [-0.25, -0.2) is 0 Å². The van der Waals surface area contributed by atoms with Crippen LogP contribution in [0.15, 0.2) is 63.9 Å². The predicted octanol–water partition coefficient (Wildman–Crippen LogP) is 3.87. The van der Waals surface area contributed by atoms with Crippen molar-refractivity contribution in [2.24, 2.45) is 0 Å². The van der Waals surface area contributed by atoms with E-state index in [1.165, 1.54) is 4.90 Å². The molecule has 0 saturated heterocycles. The van der Waals surface area contributed by atoms with E-state index >= 15 is 0 Å². The molecule has 5 nitrogen and oxygen atoms in total. The summed E-state index contributed by atoms with van der Waals surface area (Å²) in [5, 5.41) is 3.70. The summed E-state index contributed by atoms with van der Waals surface area (Å²) in [5.41, 5.74) is 1.39. The Morgan fingerprint density at radius 1 is 1.12 bits per heavy atom. The Hall–Kier alpha value is -2.73. The molecule has 2 amide bonds. The number of anilines is 1. The van der Waals surface area contributed by atoms with E-state index in [2.05, 4.69) is 5.32 Å². The zero-order valence-electron chi connectivity index (χ0n) is 14.0. The van der Waals surface area contributed by atoms with Gasteiger partial charge in [-0.3, -0.25) is 9.59 Å². The molecule has 3 aromatic rings. The van der Waals surface area contributed by atoms with Crippen LogP contribution in [-0.2, 0) is 4.79 Å². The van der Waals surface area contributed by atoms with Crippen molar-refractivity contribution >= 4 is 40.2 Å². The van der Waals surface area contributed by atoms with Crippen LogP contribution in [0.25, 0.3) is 11.0 Å². The molecule has 2 aromatic carbocycles.